The average Bonchev–Trinajstić information content (AvgIpc) is 3.02. The highest BCUT2D eigenvalue weighted by atomic mass is 16.6. The molecule has 0 bridgehead atoms. The first-order chi connectivity index (χ1) is 9.51. The van der Waals surface area contributed by atoms with E-state index in [4.69, 9.17) is 0 Å². The van der Waals surface area contributed by atoms with E-state index in [-0.39, 0.29) is 17.9 Å². The van der Waals surface area contributed by atoms with Crippen LogP contribution in [0.4, 0.5) is 5.69 Å². The summed E-state index contributed by atoms with van der Waals surface area (Å²) >= 11 is 0. The average molecular weight is 278 g/mol. The maximum atomic E-state index is 11.9. The molecule has 0 saturated heterocycles. The SMILES string of the molecule is CCn1cc(CNC(=O)c2nn(C)cc2[N+](=O)[O-])cn1. The zero-order valence-corrected chi connectivity index (χ0v) is 11.1. The number of nitrogens with one attached hydrogen (secondary N) is 1. The molecule has 0 fully saturated rings. The van der Waals surface area contributed by atoms with Gasteiger partial charge in [-0.15, -0.1) is 0 Å². The zero-order chi connectivity index (χ0) is 14.7. The van der Waals surface area contributed by atoms with E-state index in [0.29, 0.717) is 0 Å². The van der Waals surface area contributed by atoms with Gasteiger partial charge in [0.25, 0.3) is 5.91 Å². The van der Waals surface area contributed by atoms with Gasteiger partial charge in [-0.25, -0.2) is 0 Å². The van der Waals surface area contributed by atoms with Crippen molar-refractivity contribution in [2.45, 2.75) is 20.0 Å². The van der Waals surface area contributed by atoms with Crippen LogP contribution in [0.15, 0.2) is 18.6 Å². The summed E-state index contributed by atoms with van der Waals surface area (Å²) in [6.45, 7) is 2.93. The lowest BCUT2D eigenvalue weighted by Gasteiger charge is -2.00. The quantitative estimate of drug-likeness (QED) is 0.632. The van der Waals surface area contributed by atoms with Crippen LogP contribution in [0.3, 0.4) is 0 Å². The first kappa shape index (κ1) is 13.7. The van der Waals surface area contributed by atoms with Crippen LogP contribution in [0, 0.1) is 10.1 Å². The third kappa shape index (κ3) is 2.82. The fourth-order valence-corrected chi connectivity index (χ4v) is 1.71. The smallest absolute Gasteiger partial charge is 0.320 e. The molecule has 9 nitrogen and oxygen atoms in total. The van der Waals surface area contributed by atoms with E-state index < -0.39 is 10.8 Å². The summed E-state index contributed by atoms with van der Waals surface area (Å²) in [6.07, 6.45) is 4.63. The van der Waals surface area contributed by atoms with Crippen molar-refractivity contribution in [3.63, 3.8) is 0 Å². The number of hydrogen-bond acceptors (Lipinski definition) is 5. The number of nitrogens with zero attached hydrogens (tertiary/aromatic N) is 5. The van der Waals surface area contributed by atoms with Crippen LogP contribution in [-0.2, 0) is 20.1 Å². The molecule has 0 saturated carbocycles. The van der Waals surface area contributed by atoms with E-state index in [2.05, 4.69) is 15.5 Å². The summed E-state index contributed by atoms with van der Waals surface area (Å²) < 4.78 is 2.97. The molecule has 0 aliphatic heterocycles. The largest absolute Gasteiger partial charge is 0.346 e. The number of hydrogen-bond donors (Lipinski definition) is 1. The molecule has 9 heteroatoms. The minimum atomic E-state index is -0.628. The van der Waals surface area contributed by atoms with Crippen LogP contribution < -0.4 is 5.32 Å². The van der Waals surface area contributed by atoms with Crippen molar-refractivity contribution < 1.29 is 9.72 Å². The topological polar surface area (TPSA) is 108 Å². The van der Waals surface area contributed by atoms with Gasteiger partial charge in [0.1, 0.15) is 6.20 Å². The van der Waals surface area contributed by atoms with Gasteiger partial charge >= 0.3 is 5.69 Å². The van der Waals surface area contributed by atoms with Crippen molar-refractivity contribution in [1.29, 1.82) is 0 Å². The third-order valence-electron chi connectivity index (χ3n) is 2.69. The van der Waals surface area contributed by atoms with Crippen LogP contribution in [0.25, 0.3) is 0 Å². The maximum absolute atomic E-state index is 11.9. The zero-order valence-electron chi connectivity index (χ0n) is 11.1. The molecule has 1 amide bonds. The van der Waals surface area contributed by atoms with Gasteiger partial charge in [0.15, 0.2) is 0 Å². The molecule has 0 spiro atoms. The predicted octanol–water partition coefficient (Wildman–Crippen LogP) is 0.475. The van der Waals surface area contributed by atoms with E-state index in [1.807, 2.05) is 6.92 Å². The Bertz CT molecular complexity index is 644. The lowest BCUT2D eigenvalue weighted by atomic mass is 10.3. The summed E-state index contributed by atoms with van der Waals surface area (Å²) in [4.78, 5) is 22.1. The van der Waals surface area contributed by atoms with Crippen LogP contribution >= 0.6 is 0 Å². The number of nitro groups is 1. The molecular weight excluding hydrogens is 264 g/mol. The maximum Gasteiger partial charge on any atom is 0.320 e. The van der Waals surface area contributed by atoms with Crippen molar-refractivity contribution in [1.82, 2.24) is 24.9 Å². The monoisotopic (exact) mass is 278 g/mol. The third-order valence-corrected chi connectivity index (χ3v) is 2.69. The van der Waals surface area contributed by atoms with Crippen molar-refractivity contribution in [3.8, 4) is 0 Å². The first-order valence-electron chi connectivity index (χ1n) is 5.98. The molecular formula is C11H14N6O3. The van der Waals surface area contributed by atoms with Gasteiger partial charge in [-0.2, -0.15) is 10.2 Å². The molecule has 0 radical (unpaired) electrons. The second kappa shape index (κ2) is 5.51. The summed E-state index contributed by atoms with van der Waals surface area (Å²) in [6, 6.07) is 0. The van der Waals surface area contributed by atoms with Crippen LogP contribution in [0.1, 0.15) is 23.0 Å². The molecule has 2 aromatic heterocycles. The molecule has 2 rings (SSSR count). The highest BCUT2D eigenvalue weighted by Crippen LogP contribution is 2.15. The second-order valence-electron chi connectivity index (χ2n) is 4.18. The number of rotatable bonds is 5. The van der Waals surface area contributed by atoms with Crippen molar-refractivity contribution >= 4 is 11.6 Å². The summed E-state index contributed by atoms with van der Waals surface area (Å²) in [5, 5.41) is 21.3. The minimum absolute atomic E-state index is 0.194. The normalized spacial score (nSPS) is 10.5. The number of aryl methyl sites for hydroxylation is 2. The van der Waals surface area contributed by atoms with Crippen LogP contribution in [0.5, 0.6) is 0 Å². The van der Waals surface area contributed by atoms with Gasteiger partial charge in [-0.1, -0.05) is 0 Å². The molecule has 0 aromatic carbocycles. The van der Waals surface area contributed by atoms with Gasteiger partial charge in [0, 0.05) is 31.9 Å². The second-order valence-corrected chi connectivity index (χ2v) is 4.18. The lowest BCUT2D eigenvalue weighted by Crippen LogP contribution is -2.24. The summed E-state index contributed by atoms with van der Waals surface area (Å²) in [7, 11) is 1.52. The number of aromatic nitrogens is 4. The number of carbonyl (C=O) groups excluding carboxylic acids is 1. The fourth-order valence-electron chi connectivity index (χ4n) is 1.71. The van der Waals surface area contributed by atoms with E-state index in [1.165, 1.54) is 17.9 Å². The summed E-state index contributed by atoms with van der Waals surface area (Å²) in [5.41, 5.74) is 0.313. The highest BCUT2D eigenvalue weighted by molar-refractivity contribution is 5.95. The molecule has 1 N–H and O–H groups in total. The molecule has 0 atom stereocenters. The molecule has 2 aromatic rings. The lowest BCUT2D eigenvalue weighted by molar-refractivity contribution is -0.385. The fraction of sp³-hybridized carbons (Fsp3) is 0.364. The van der Waals surface area contributed by atoms with Crippen molar-refractivity contribution in [3.05, 3.63) is 40.0 Å². The minimum Gasteiger partial charge on any atom is -0.346 e. The molecule has 0 unspecified atom stereocenters. The Morgan fingerprint density at radius 2 is 2.25 bits per heavy atom. The van der Waals surface area contributed by atoms with Gasteiger partial charge < -0.3 is 5.32 Å². The van der Waals surface area contributed by atoms with E-state index in [9.17, 15) is 14.9 Å². The van der Waals surface area contributed by atoms with Gasteiger partial charge in [-0.05, 0) is 6.92 Å². The highest BCUT2D eigenvalue weighted by Gasteiger charge is 2.24. The van der Waals surface area contributed by atoms with E-state index in [0.717, 1.165) is 12.1 Å². The Labute approximate surface area is 114 Å². The first-order valence-corrected chi connectivity index (χ1v) is 5.98. The Morgan fingerprint density at radius 1 is 1.50 bits per heavy atom. The Balaban J connectivity index is 2.06. The number of amides is 1. The molecule has 106 valence electrons. The van der Waals surface area contributed by atoms with Crippen LogP contribution in [0.2, 0.25) is 0 Å². The van der Waals surface area contributed by atoms with Gasteiger partial charge in [0.2, 0.25) is 5.69 Å². The van der Waals surface area contributed by atoms with Gasteiger partial charge in [-0.3, -0.25) is 24.3 Å². The Morgan fingerprint density at radius 3 is 2.85 bits per heavy atom. The molecule has 2 heterocycles. The Hall–Kier alpha value is -2.71. The standard InChI is InChI=1S/C11H14N6O3/c1-3-16-6-8(5-13-16)4-12-11(18)10-9(17(19)20)7-15(2)14-10/h5-7H,3-4H2,1-2H3,(H,12,18). The summed E-state index contributed by atoms with van der Waals surface area (Å²) in [5.74, 6) is -0.582. The molecule has 0 aliphatic carbocycles. The van der Waals surface area contributed by atoms with E-state index in [1.54, 1.807) is 17.1 Å². The number of carbonyl (C=O) groups is 1. The van der Waals surface area contributed by atoms with Crippen LogP contribution in [-0.4, -0.2) is 30.4 Å². The Kier molecular flexibility index (Phi) is 3.78. The van der Waals surface area contributed by atoms with Crippen molar-refractivity contribution in [2.24, 2.45) is 7.05 Å². The van der Waals surface area contributed by atoms with Gasteiger partial charge in [0.05, 0.1) is 11.1 Å². The molecule has 0 aliphatic rings. The van der Waals surface area contributed by atoms with E-state index >= 15 is 0 Å². The molecule has 20 heavy (non-hydrogen) atoms. The predicted molar refractivity (Wildman–Crippen MR) is 68.9 cm³/mol. The van der Waals surface area contributed by atoms with Crippen molar-refractivity contribution in [2.75, 3.05) is 0 Å².